The first-order valence-corrected chi connectivity index (χ1v) is 9.12. The topological polar surface area (TPSA) is 55.1 Å². The van der Waals surface area contributed by atoms with Crippen LogP contribution >= 0.6 is 0 Å². The lowest BCUT2D eigenvalue weighted by atomic mass is 9.79. The summed E-state index contributed by atoms with van der Waals surface area (Å²) < 4.78 is 0. The van der Waals surface area contributed by atoms with Crippen LogP contribution < -0.4 is 11.1 Å². The molecule has 120 valence electrons. The van der Waals surface area contributed by atoms with Crippen LogP contribution in [-0.2, 0) is 4.79 Å². The monoisotopic (exact) mass is 292 g/mol. The summed E-state index contributed by atoms with van der Waals surface area (Å²) in [5, 5.41) is 3.39. The molecule has 3 heteroatoms. The van der Waals surface area contributed by atoms with E-state index in [0.29, 0.717) is 6.04 Å². The second kappa shape index (κ2) is 6.28. The van der Waals surface area contributed by atoms with Gasteiger partial charge < -0.3 is 11.1 Å². The summed E-state index contributed by atoms with van der Waals surface area (Å²) in [7, 11) is 0. The maximum atomic E-state index is 12.4. The normalized spacial score (nSPS) is 40.0. The molecule has 0 heterocycles. The summed E-state index contributed by atoms with van der Waals surface area (Å²) in [4.78, 5) is 12.4. The van der Waals surface area contributed by atoms with E-state index in [9.17, 15) is 4.79 Å². The molecule has 21 heavy (non-hydrogen) atoms. The standard InChI is InChI=1S/C18H32N2O/c1-11(5-3-6-12(2)19)18(21)20-17-10-13-9-16(17)15-8-4-7-14(13)15/h11-17H,3-10,19H2,1-2H3,(H,20,21). The molecule has 0 aliphatic heterocycles. The van der Waals surface area contributed by atoms with Crippen molar-refractivity contribution in [3.8, 4) is 0 Å². The van der Waals surface area contributed by atoms with Gasteiger partial charge in [-0.25, -0.2) is 0 Å². The highest BCUT2D eigenvalue weighted by atomic mass is 16.1. The van der Waals surface area contributed by atoms with Crippen LogP contribution in [0.15, 0.2) is 0 Å². The lowest BCUT2D eigenvalue weighted by Crippen LogP contribution is -2.44. The Balaban J connectivity index is 1.45. The molecule has 1 amide bonds. The zero-order chi connectivity index (χ0) is 15.0. The van der Waals surface area contributed by atoms with E-state index in [-0.39, 0.29) is 17.9 Å². The van der Waals surface area contributed by atoms with Crippen LogP contribution in [0.25, 0.3) is 0 Å². The molecule has 0 saturated heterocycles. The fourth-order valence-corrected chi connectivity index (χ4v) is 5.44. The zero-order valence-electron chi connectivity index (χ0n) is 13.7. The minimum absolute atomic E-state index is 0.141. The number of rotatable bonds is 6. The quantitative estimate of drug-likeness (QED) is 0.790. The van der Waals surface area contributed by atoms with E-state index in [1.165, 1.54) is 32.1 Å². The third-order valence-corrected chi connectivity index (χ3v) is 6.50. The second-order valence-electron chi connectivity index (χ2n) is 8.08. The van der Waals surface area contributed by atoms with Crippen molar-refractivity contribution in [1.29, 1.82) is 0 Å². The predicted molar refractivity (Wildman–Crippen MR) is 85.6 cm³/mol. The molecule has 0 radical (unpaired) electrons. The van der Waals surface area contributed by atoms with Crippen LogP contribution in [0.5, 0.6) is 0 Å². The summed E-state index contributed by atoms with van der Waals surface area (Å²) >= 11 is 0. The van der Waals surface area contributed by atoms with Crippen molar-refractivity contribution in [2.45, 2.75) is 77.3 Å². The summed E-state index contributed by atoms with van der Waals surface area (Å²) in [6.07, 6.45) is 10.0. The zero-order valence-corrected chi connectivity index (χ0v) is 13.7. The number of fused-ring (bicyclic) bond motifs is 5. The molecule has 7 atom stereocenters. The number of nitrogens with two attached hydrogens (primary N) is 1. The van der Waals surface area contributed by atoms with Crippen LogP contribution in [0.1, 0.15) is 65.2 Å². The van der Waals surface area contributed by atoms with Gasteiger partial charge in [0.25, 0.3) is 0 Å². The lowest BCUT2D eigenvalue weighted by molar-refractivity contribution is -0.126. The van der Waals surface area contributed by atoms with E-state index in [0.717, 1.165) is 42.9 Å². The number of amides is 1. The molecule has 3 aliphatic rings. The van der Waals surface area contributed by atoms with Gasteiger partial charge in [-0.3, -0.25) is 4.79 Å². The third kappa shape index (κ3) is 3.13. The Morgan fingerprint density at radius 1 is 1.14 bits per heavy atom. The highest BCUT2D eigenvalue weighted by Crippen LogP contribution is 2.58. The fourth-order valence-electron chi connectivity index (χ4n) is 5.44. The van der Waals surface area contributed by atoms with Gasteiger partial charge in [-0.1, -0.05) is 19.8 Å². The highest BCUT2D eigenvalue weighted by Gasteiger charge is 2.54. The average Bonchev–Trinajstić information content (AvgIpc) is 3.09. The Bertz CT molecular complexity index is 381. The summed E-state index contributed by atoms with van der Waals surface area (Å²) in [5.74, 6) is 4.08. The molecule has 3 aliphatic carbocycles. The highest BCUT2D eigenvalue weighted by molar-refractivity contribution is 5.78. The van der Waals surface area contributed by atoms with E-state index < -0.39 is 0 Å². The molecule has 3 fully saturated rings. The Kier molecular flexibility index (Phi) is 4.58. The molecule has 0 spiro atoms. The minimum atomic E-state index is 0.141. The first-order chi connectivity index (χ1) is 10.1. The van der Waals surface area contributed by atoms with Crippen molar-refractivity contribution in [1.82, 2.24) is 5.32 Å². The maximum absolute atomic E-state index is 12.4. The Labute approximate surface area is 129 Å². The molecular formula is C18H32N2O. The first-order valence-electron chi connectivity index (χ1n) is 9.12. The van der Waals surface area contributed by atoms with Crippen molar-refractivity contribution < 1.29 is 4.79 Å². The molecule has 3 saturated carbocycles. The molecule has 0 aromatic rings. The van der Waals surface area contributed by atoms with E-state index in [1.54, 1.807) is 0 Å². The van der Waals surface area contributed by atoms with Crippen LogP contribution in [-0.4, -0.2) is 18.0 Å². The van der Waals surface area contributed by atoms with E-state index in [2.05, 4.69) is 12.2 Å². The summed E-state index contributed by atoms with van der Waals surface area (Å²) in [6, 6.07) is 0.739. The minimum Gasteiger partial charge on any atom is -0.353 e. The van der Waals surface area contributed by atoms with Gasteiger partial charge >= 0.3 is 0 Å². The lowest BCUT2D eigenvalue weighted by Gasteiger charge is -2.32. The Morgan fingerprint density at radius 3 is 2.67 bits per heavy atom. The number of carbonyl (C=O) groups excluding carboxylic acids is 1. The molecule has 0 aromatic heterocycles. The van der Waals surface area contributed by atoms with Crippen molar-refractivity contribution in [2.75, 3.05) is 0 Å². The largest absolute Gasteiger partial charge is 0.353 e. The molecule has 7 unspecified atom stereocenters. The maximum Gasteiger partial charge on any atom is 0.223 e. The van der Waals surface area contributed by atoms with Gasteiger partial charge in [-0.05, 0) is 69.1 Å². The number of nitrogens with one attached hydrogen (secondary N) is 1. The molecular weight excluding hydrogens is 260 g/mol. The second-order valence-corrected chi connectivity index (χ2v) is 8.08. The van der Waals surface area contributed by atoms with Crippen LogP contribution in [0.2, 0.25) is 0 Å². The molecule has 0 aromatic carbocycles. The van der Waals surface area contributed by atoms with Gasteiger partial charge in [0.05, 0.1) is 0 Å². The number of hydrogen-bond acceptors (Lipinski definition) is 2. The smallest absolute Gasteiger partial charge is 0.223 e. The van der Waals surface area contributed by atoms with Crippen LogP contribution in [0, 0.1) is 29.6 Å². The Morgan fingerprint density at radius 2 is 1.90 bits per heavy atom. The van der Waals surface area contributed by atoms with E-state index in [4.69, 9.17) is 5.73 Å². The molecule has 3 rings (SSSR count). The van der Waals surface area contributed by atoms with Crippen molar-refractivity contribution >= 4 is 5.91 Å². The Hall–Kier alpha value is -0.570. The SMILES string of the molecule is CC(N)CCCC(C)C(=O)NC1CC2CC1C1CCCC21. The van der Waals surface area contributed by atoms with Gasteiger partial charge in [-0.2, -0.15) is 0 Å². The first kappa shape index (κ1) is 15.3. The fraction of sp³-hybridized carbons (Fsp3) is 0.944. The van der Waals surface area contributed by atoms with Gasteiger partial charge in [0, 0.05) is 18.0 Å². The van der Waals surface area contributed by atoms with E-state index >= 15 is 0 Å². The summed E-state index contributed by atoms with van der Waals surface area (Å²) in [5.41, 5.74) is 5.78. The summed E-state index contributed by atoms with van der Waals surface area (Å²) in [6.45, 7) is 4.11. The molecule has 3 N–H and O–H groups in total. The van der Waals surface area contributed by atoms with Crippen molar-refractivity contribution in [3.63, 3.8) is 0 Å². The van der Waals surface area contributed by atoms with Gasteiger partial charge in [-0.15, -0.1) is 0 Å². The van der Waals surface area contributed by atoms with Crippen LogP contribution in [0.4, 0.5) is 0 Å². The van der Waals surface area contributed by atoms with E-state index in [1.807, 2.05) is 6.92 Å². The predicted octanol–water partition coefficient (Wildman–Crippen LogP) is 3.08. The van der Waals surface area contributed by atoms with Crippen molar-refractivity contribution in [2.24, 2.45) is 35.3 Å². The van der Waals surface area contributed by atoms with Gasteiger partial charge in [0.15, 0.2) is 0 Å². The number of carbonyl (C=O) groups is 1. The van der Waals surface area contributed by atoms with Crippen molar-refractivity contribution in [3.05, 3.63) is 0 Å². The van der Waals surface area contributed by atoms with Gasteiger partial charge in [0.2, 0.25) is 5.91 Å². The molecule has 2 bridgehead atoms. The molecule has 3 nitrogen and oxygen atoms in total. The number of hydrogen-bond donors (Lipinski definition) is 2. The third-order valence-electron chi connectivity index (χ3n) is 6.50. The van der Waals surface area contributed by atoms with Gasteiger partial charge in [0.1, 0.15) is 0 Å². The average molecular weight is 292 g/mol. The van der Waals surface area contributed by atoms with Crippen LogP contribution in [0.3, 0.4) is 0 Å².